The second kappa shape index (κ2) is 4.00. The van der Waals surface area contributed by atoms with Crippen LogP contribution in [0.3, 0.4) is 0 Å². The van der Waals surface area contributed by atoms with E-state index in [0.29, 0.717) is 22.8 Å². The number of pyridine rings is 1. The van der Waals surface area contributed by atoms with Gasteiger partial charge in [-0.15, -0.1) is 5.10 Å². The maximum Gasteiger partial charge on any atom is 0.238 e. The Labute approximate surface area is 114 Å². The van der Waals surface area contributed by atoms with E-state index in [1.807, 2.05) is 18.3 Å². The maximum absolute atomic E-state index is 13.9. The highest BCUT2D eigenvalue weighted by Crippen LogP contribution is 2.40. The number of nitrogens with zero attached hydrogens (tertiary/aromatic N) is 4. The number of fused-ring (bicyclic) bond motifs is 1. The lowest BCUT2D eigenvalue weighted by Gasteiger charge is -2.03. The molecule has 2 N–H and O–H groups in total. The minimum Gasteiger partial charge on any atom is -0.367 e. The first-order valence-corrected chi connectivity index (χ1v) is 6.48. The number of aromatic nitrogens is 4. The molecule has 0 atom stereocenters. The molecule has 1 saturated carbocycles. The van der Waals surface area contributed by atoms with Gasteiger partial charge >= 0.3 is 0 Å². The smallest absolute Gasteiger partial charge is 0.238 e. The molecule has 1 fully saturated rings. The summed E-state index contributed by atoms with van der Waals surface area (Å²) < 4.78 is 15.3. The Balaban J connectivity index is 1.86. The molecule has 3 aromatic rings. The summed E-state index contributed by atoms with van der Waals surface area (Å²) in [5, 5.41) is 4.05. The topological polar surface area (TPSA) is 69.1 Å². The van der Waals surface area contributed by atoms with Gasteiger partial charge < -0.3 is 5.73 Å². The maximum atomic E-state index is 13.9. The second-order valence-corrected chi connectivity index (χ2v) is 5.04. The zero-order chi connectivity index (χ0) is 13.7. The molecule has 100 valence electrons. The summed E-state index contributed by atoms with van der Waals surface area (Å²) in [6.45, 7) is 0. The van der Waals surface area contributed by atoms with E-state index in [0.717, 1.165) is 0 Å². The number of rotatable bonds is 2. The minimum atomic E-state index is -0.381. The van der Waals surface area contributed by atoms with Crippen molar-refractivity contribution in [2.45, 2.75) is 18.8 Å². The van der Waals surface area contributed by atoms with Crippen molar-refractivity contribution in [1.29, 1.82) is 0 Å². The molecule has 4 rings (SSSR count). The van der Waals surface area contributed by atoms with Gasteiger partial charge in [0.2, 0.25) is 5.95 Å². The second-order valence-electron chi connectivity index (χ2n) is 5.04. The first-order valence-electron chi connectivity index (χ1n) is 6.48. The molecule has 3 aromatic heterocycles. The molecule has 0 unspecified atom stereocenters. The first-order chi connectivity index (χ1) is 9.72. The van der Waals surface area contributed by atoms with Gasteiger partial charge in [-0.05, 0) is 30.4 Å². The summed E-state index contributed by atoms with van der Waals surface area (Å²) in [5.41, 5.74) is 8.35. The van der Waals surface area contributed by atoms with Gasteiger partial charge in [0.15, 0.2) is 5.82 Å². The van der Waals surface area contributed by atoms with Crippen LogP contribution in [0.1, 0.15) is 24.3 Å². The molecule has 0 aliphatic heterocycles. The predicted molar refractivity (Wildman–Crippen MR) is 72.6 cm³/mol. The number of nitrogen functional groups attached to an aromatic ring is 1. The number of nitrogens with two attached hydrogens (primary N) is 1. The van der Waals surface area contributed by atoms with Gasteiger partial charge in [0.25, 0.3) is 0 Å². The molecule has 0 saturated heterocycles. The van der Waals surface area contributed by atoms with Crippen molar-refractivity contribution in [3.63, 3.8) is 0 Å². The fraction of sp³-hybridized carbons (Fsp3) is 0.214. The highest BCUT2D eigenvalue weighted by Gasteiger charge is 2.23. The zero-order valence-electron chi connectivity index (χ0n) is 10.6. The zero-order valence-corrected chi connectivity index (χ0v) is 10.6. The Bertz CT molecular complexity index is 789. The summed E-state index contributed by atoms with van der Waals surface area (Å²) >= 11 is 0. The quantitative estimate of drug-likeness (QED) is 0.775. The lowest BCUT2D eigenvalue weighted by Crippen LogP contribution is -2.02. The molecule has 1 aliphatic rings. The number of halogens is 1. The van der Waals surface area contributed by atoms with E-state index in [-0.39, 0.29) is 11.8 Å². The third-order valence-electron chi connectivity index (χ3n) is 3.58. The fourth-order valence-electron chi connectivity index (χ4n) is 2.36. The molecular weight excluding hydrogens is 257 g/mol. The molecular formula is C14H12FN5. The van der Waals surface area contributed by atoms with E-state index in [9.17, 15) is 4.39 Å². The van der Waals surface area contributed by atoms with Crippen LogP contribution in [0, 0.1) is 5.82 Å². The molecule has 5 nitrogen and oxygen atoms in total. The van der Waals surface area contributed by atoms with Crippen molar-refractivity contribution < 1.29 is 4.39 Å². The van der Waals surface area contributed by atoms with Crippen LogP contribution < -0.4 is 5.73 Å². The van der Waals surface area contributed by atoms with E-state index < -0.39 is 0 Å². The van der Waals surface area contributed by atoms with Crippen molar-refractivity contribution in [3.8, 4) is 11.4 Å². The largest absolute Gasteiger partial charge is 0.367 e. The molecule has 6 heteroatoms. The standard InChI is InChI=1S/C14H12FN5/c15-10-5-12(20-13(10)7-18-14(16)19-20)11-4-3-9(6-17-11)8-1-2-8/h3-8H,1-2H2,(H2,16,19). The third-order valence-corrected chi connectivity index (χ3v) is 3.58. The molecule has 0 radical (unpaired) electrons. The fourth-order valence-corrected chi connectivity index (χ4v) is 2.36. The Morgan fingerprint density at radius 2 is 2.05 bits per heavy atom. The van der Waals surface area contributed by atoms with E-state index in [2.05, 4.69) is 15.1 Å². The van der Waals surface area contributed by atoms with Gasteiger partial charge in [0, 0.05) is 12.3 Å². The molecule has 0 amide bonds. The highest BCUT2D eigenvalue weighted by atomic mass is 19.1. The molecule has 0 aromatic carbocycles. The normalized spacial score (nSPS) is 14.8. The summed E-state index contributed by atoms with van der Waals surface area (Å²) in [4.78, 5) is 8.22. The van der Waals surface area contributed by atoms with E-state index in [1.54, 1.807) is 0 Å². The van der Waals surface area contributed by atoms with Crippen molar-refractivity contribution in [3.05, 3.63) is 42.0 Å². The van der Waals surface area contributed by atoms with Crippen LogP contribution >= 0.6 is 0 Å². The van der Waals surface area contributed by atoms with Gasteiger partial charge in [-0.1, -0.05) is 6.07 Å². The van der Waals surface area contributed by atoms with Gasteiger partial charge in [0.05, 0.1) is 17.6 Å². The number of anilines is 1. The van der Waals surface area contributed by atoms with Gasteiger partial charge in [-0.2, -0.15) is 0 Å². The minimum absolute atomic E-state index is 0.101. The molecule has 1 aliphatic carbocycles. The Kier molecular flexibility index (Phi) is 2.26. The summed E-state index contributed by atoms with van der Waals surface area (Å²) in [5.74, 6) is 0.368. The Morgan fingerprint density at radius 1 is 1.20 bits per heavy atom. The molecule has 0 spiro atoms. The summed E-state index contributed by atoms with van der Waals surface area (Å²) in [6, 6.07) is 5.34. The van der Waals surface area contributed by atoms with E-state index in [4.69, 9.17) is 5.73 Å². The Morgan fingerprint density at radius 3 is 2.75 bits per heavy atom. The lowest BCUT2D eigenvalue weighted by atomic mass is 10.1. The van der Waals surface area contributed by atoms with Crippen molar-refractivity contribution >= 4 is 11.5 Å². The van der Waals surface area contributed by atoms with Crippen LogP contribution in [-0.4, -0.2) is 19.6 Å². The van der Waals surface area contributed by atoms with Crippen LogP contribution in [-0.2, 0) is 0 Å². The molecule has 0 bridgehead atoms. The third kappa shape index (κ3) is 1.72. The Hall–Kier alpha value is -2.50. The summed E-state index contributed by atoms with van der Waals surface area (Å²) in [6.07, 6.45) is 5.69. The van der Waals surface area contributed by atoms with Crippen LogP contribution in [0.5, 0.6) is 0 Å². The highest BCUT2D eigenvalue weighted by molar-refractivity contribution is 5.64. The SMILES string of the molecule is Nc1ncc2c(F)cc(-c3ccc(C4CC4)cn3)n2n1. The van der Waals surface area contributed by atoms with Crippen molar-refractivity contribution in [2.75, 3.05) is 5.73 Å². The first kappa shape index (κ1) is 11.3. The van der Waals surface area contributed by atoms with Crippen LogP contribution in [0.4, 0.5) is 10.3 Å². The van der Waals surface area contributed by atoms with Crippen LogP contribution in [0.15, 0.2) is 30.6 Å². The average Bonchev–Trinajstić information content (AvgIpc) is 3.25. The predicted octanol–water partition coefficient (Wildman–Crippen LogP) is 2.39. The van der Waals surface area contributed by atoms with E-state index in [1.165, 1.54) is 35.2 Å². The molecule has 20 heavy (non-hydrogen) atoms. The lowest BCUT2D eigenvalue weighted by molar-refractivity contribution is 0.638. The summed E-state index contributed by atoms with van der Waals surface area (Å²) in [7, 11) is 0. The number of hydrogen-bond acceptors (Lipinski definition) is 4. The number of hydrogen-bond donors (Lipinski definition) is 1. The van der Waals surface area contributed by atoms with Crippen molar-refractivity contribution in [1.82, 2.24) is 19.6 Å². The van der Waals surface area contributed by atoms with Gasteiger partial charge in [0.1, 0.15) is 5.52 Å². The monoisotopic (exact) mass is 269 g/mol. The van der Waals surface area contributed by atoms with Gasteiger partial charge in [-0.25, -0.2) is 13.9 Å². The van der Waals surface area contributed by atoms with Crippen LogP contribution in [0.2, 0.25) is 0 Å². The van der Waals surface area contributed by atoms with Gasteiger partial charge in [-0.3, -0.25) is 4.98 Å². The van der Waals surface area contributed by atoms with Crippen LogP contribution in [0.25, 0.3) is 16.9 Å². The average molecular weight is 269 g/mol. The molecule has 3 heterocycles. The van der Waals surface area contributed by atoms with Crippen molar-refractivity contribution in [2.24, 2.45) is 0 Å². The van der Waals surface area contributed by atoms with E-state index >= 15 is 0 Å².